The zero-order valence-corrected chi connectivity index (χ0v) is 16.1. The van der Waals surface area contributed by atoms with Crippen molar-refractivity contribution in [2.24, 2.45) is 0 Å². The molecule has 0 aliphatic heterocycles. The van der Waals surface area contributed by atoms with E-state index in [4.69, 9.17) is 0 Å². The maximum Gasteiger partial charge on any atom is 0.139 e. The Kier molecular flexibility index (Phi) is 4.77. The van der Waals surface area contributed by atoms with Crippen LogP contribution >= 0.6 is 0 Å². The maximum absolute atomic E-state index is 4.58. The highest BCUT2D eigenvalue weighted by atomic mass is 15.1. The number of nitrogens with one attached hydrogen (secondary N) is 1. The van der Waals surface area contributed by atoms with Crippen molar-refractivity contribution in [3.63, 3.8) is 0 Å². The molecule has 0 aliphatic carbocycles. The normalized spacial score (nSPS) is 12.6. The monoisotopic (exact) mass is 359 g/mol. The van der Waals surface area contributed by atoms with E-state index in [0.29, 0.717) is 0 Å². The van der Waals surface area contributed by atoms with E-state index in [2.05, 4.69) is 81.6 Å². The van der Waals surface area contributed by atoms with Crippen LogP contribution in [0.1, 0.15) is 34.0 Å². The van der Waals surface area contributed by atoms with E-state index in [1.807, 2.05) is 24.9 Å². The first-order chi connectivity index (χ1) is 13.1. The van der Waals surface area contributed by atoms with E-state index >= 15 is 0 Å². The highest BCUT2D eigenvalue weighted by Gasteiger charge is 2.15. The predicted molar refractivity (Wildman–Crippen MR) is 108 cm³/mol. The molecule has 3 heterocycles. The summed E-state index contributed by atoms with van der Waals surface area (Å²) in [4.78, 5) is 8.77. The van der Waals surface area contributed by atoms with Gasteiger partial charge < -0.3 is 14.3 Å². The van der Waals surface area contributed by atoms with Gasteiger partial charge in [0.1, 0.15) is 5.65 Å². The number of hydrogen-bond acceptors (Lipinski definition) is 3. The summed E-state index contributed by atoms with van der Waals surface area (Å²) >= 11 is 0. The Labute approximate surface area is 159 Å². The van der Waals surface area contributed by atoms with Crippen LogP contribution in [0.15, 0.2) is 61.4 Å². The van der Waals surface area contributed by atoms with E-state index in [1.54, 1.807) is 0 Å². The van der Waals surface area contributed by atoms with Gasteiger partial charge in [-0.05, 0) is 43.5 Å². The first-order valence-corrected chi connectivity index (χ1v) is 9.29. The first kappa shape index (κ1) is 17.5. The second-order valence-corrected chi connectivity index (χ2v) is 7.19. The van der Waals surface area contributed by atoms with Crippen LogP contribution in [0.2, 0.25) is 0 Å². The Morgan fingerprint density at radius 1 is 1.07 bits per heavy atom. The number of fused-ring (bicyclic) bond motifs is 1. The van der Waals surface area contributed by atoms with Crippen molar-refractivity contribution in [3.05, 3.63) is 89.4 Å². The molecule has 0 saturated carbocycles. The number of hydrogen-bond donors (Lipinski definition) is 1. The number of rotatable bonds is 6. The molecule has 0 aliphatic rings. The molecular weight excluding hydrogens is 334 g/mol. The highest BCUT2D eigenvalue weighted by Crippen LogP contribution is 2.22. The summed E-state index contributed by atoms with van der Waals surface area (Å²) in [5.74, 6) is 0. The Hall–Kier alpha value is -2.92. The SMILES string of the molecule is Cc1ccc(C(Cn2ccnc2)NCc2cnc3c(C)cccn23)c(C)c1. The Morgan fingerprint density at radius 3 is 2.74 bits per heavy atom. The number of benzene rings is 1. The number of pyridine rings is 1. The molecule has 4 aromatic rings. The van der Waals surface area contributed by atoms with E-state index in [-0.39, 0.29) is 6.04 Å². The van der Waals surface area contributed by atoms with Crippen LogP contribution in [0.25, 0.3) is 5.65 Å². The molecule has 5 nitrogen and oxygen atoms in total. The first-order valence-electron chi connectivity index (χ1n) is 9.29. The van der Waals surface area contributed by atoms with Gasteiger partial charge in [0.15, 0.2) is 0 Å². The fourth-order valence-electron chi connectivity index (χ4n) is 3.66. The quantitative estimate of drug-likeness (QED) is 0.566. The molecular formula is C22H25N5. The second-order valence-electron chi connectivity index (χ2n) is 7.19. The van der Waals surface area contributed by atoms with Crippen molar-refractivity contribution in [2.45, 2.75) is 39.9 Å². The van der Waals surface area contributed by atoms with Crippen LogP contribution in [0.3, 0.4) is 0 Å². The van der Waals surface area contributed by atoms with E-state index in [0.717, 1.165) is 24.4 Å². The van der Waals surface area contributed by atoms with Crippen molar-refractivity contribution in [1.82, 2.24) is 24.3 Å². The van der Waals surface area contributed by atoms with Crippen LogP contribution in [-0.4, -0.2) is 18.9 Å². The van der Waals surface area contributed by atoms with Gasteiger partial charge in [0.2, 0.25) is 0 Å². The van der Waals surface area contributed by atoms with Crippen LogP contribution in [0.4, 0.5) is 0 Å². The highest BCUT2D eigenvalue weighted by molar-refractivity contribution is 5.48. The van der Waals surface area contributed by atoms with Crippen molar-refractivity contribution in [1.29, 1.82) is 0 Å². The topological polar surface area (TPSA) is 47.2 Å². The zero-order chi connectivity index (χ0) is 18.8. The molecule has 0 amide bonds. The number of imidazole rings is 2. The summed E-state index contributed by atoms with van der Waals surface area (Å²) in [6.45, 7) is 7.99. The molecule has 0 radical (unpaired) electrons. The van der Waals surface area contributed by atoms with E-state index in [9.17, 15) is 0 Å². The molecule has 0 bridgehead atoms. The van der Waals surface area contributed by atoms with E-state index < -0.39 is 0 Å². The minimum atomic E-state index is 0.190. The summed E-state index contributed by atoms with van der Waals surface area (Å²) in [7, 11) is 0. The van der Waals surface area contributed by atoms with Crippen molar-refractivity contribution in [3.8, 4) is 0 Å². The lowest BCUT2D eigenvalue weighted by Gasteiger charge is -2.22. The van der Waals surface area contributed by atoms with E-state index in [1.165, 1.54) is 22.3 Å². The maximum atomic E-state index is 4.58. The van der Waals surface area contributed by atoms with Gasteiger partial charge in [0.05, 0.1) is 24.3 Å². The number of nitrogens with zero attached hydrogens (tertiary/aromatic N) is 4. The minimum Gasteiger partial charge on any atom is -0.336 e. The van der Waals surface area contributed by atoms with Gasteiger partial charge in [-0.3, -0.25) is 0 Å². The van der Waals surface area contributed by atoms with Crippen LogP contribution in [0, 0.1) is 20.8 Å². The Morgan fingerprint density at radius 2 is 1.96 bits per heavy atom. The molecule has 0 saturated heterocycles. The lowest BCUT2D eigenvalue weighted by molar-refractivity contribution is 0.456. The summed E-state index contributed by atoms with van der Waals surface area (Å²) in [6, 6.07) is 11.0. The molecule has 27 heavy (non-hydrogen) atoms. The summed E-state index contributed by atoms with van der Waals surface area (Å²) in [5, 5.41) is 3.74. The fourth-order valence-corrected chi connectivity index (χ4v) is 3.66. The zero-order valence-electron chi connectivity index (χ0n) is 16.1. The van der Waals surface area contributed by atoms with Crippen LogP contribution in [0.5, 0.6) is 0 Å². The third-order valence-electron chi connectivity index (χ3n) is 5.09. The molecule has 5 heteroatoms. The van der Waals surface area contributed by atoms with Crippen LogP contribution < -0.4 is 5.32 Å². The van der Waals surface area contributed by atoms with Crippen molar-refractivity contribution < 1.29 is 0 Å². The average molecular weight is 359 g/mol. The average Bonchev–Trinajstić information content (AvgIpc) is 3.29. The lowest BCUT2D eigenvalue weighted by Crippen LogP contribution is -2.26. The molecule has 3 aromatic heterocycles. The van der Waals surface area contributed by atoms with Crippen LogP contribution in [-0.2, 0) is 13.1 Å². The molecule has 1 aromatic carbocycles. The predicted octanol–water partition coefficient (Wildman–Crippen LogP) is 3.99. The van der Waals surface area contributed by atoms with Gasteiger partial charge in [0.25, 0.3) is 0 Å². The molecule has 138 valence electrons. The van der Waals surface area contributed by atoms with Gasteiger partial charge >= 0.3 is 0 Å². The Bertz CT molecular complexity index is 1050. The van der Waals surface area contributed by atoms with Gasteiger partial charge in [0, 0.05) is 31.7 Å². The minimum absolute atomic E-state index is 0.190. The molecule has 1 unspecified atom stereocenters. The standard InChI is InChI=1S/C22H25N5/c1-16-6-7-20(18(3)11-16)21(14-26-10-8-23-15-26)24-12-19-13-25-22-17(2)5-4-9-27(19)22/h4-11,13,15,21,24H,12,14H2,1-3H3. The number of aryl methyl sites for hydroxylation is 3. The molecule has 1 N–H and O–H groups in total. The third-order valence-corrected chi connectivity index (χ3v) is 5.09. The smallest absolute Gasteiger partial charge is 0.139 e. The van der Waals surface area contributed by atoms with Crippen molar-refractivity contribution in [2.75, 3.05) is 0 Å². The van der Waals surface area contributed by atoms with Gasteiger partial charge in [-0.1, -0.05) is 29.8 Å². The molecule has 1 atom stereocenters. The summed E-state index contributed by atoms with van der Waals surface area (Å²) < 4.78 is 4.29. The van der Waals surface area contributed by atoms with Crippen molar-refractivity contribution >= 4 is 5.65 Å². The molecule has 0 fully saturated rings. The summed E-state index contributed by atoms with van der Waals surface area (Å²) in [6.07, 6.45) is 9.75. The van der Waals surface area contributed by atoms with Gasteiger partial charge in [-0.2, -0.15) is 0 Å². The second kappa shape index (κ2) is 7.37. The summed E-state index contributed by atoms with van der Waals surface area (Å²) in [5.41, 5.74) is 7.28. The molecule has 0 spiro atoms. The van der Waals surface area contributed by atoms with Gasteiger partial charge in [-0.25, -0.2) is 9.97 Å². The van der Waals surface area contributed by atoms with Gasteiger partial charge in [-0.15, -0.1) is 0 Å². The molecule has 4 rings (SSSR count). The number of aromatic nitrogens is 4. The largest absolute Gasteiger partial charge is 0.336 e. The third kappa shape index (κ3) is 3.64. The Balaban J connectivity index is 1.61. The lowest BCUT2D eigenvalue weighted by atomic mass is 9.99. The fraction of sp³-hybridized carbons (Fsp3) is 0.273.